The highest BCUT2D eigenvalue weighted by molar-refractivity contribution is 5.70. The Morgan fingerprint density at radius 3 is 2.63 bits per heavy atom. The van der Waals surface area contributed by atoms with Crippen LogP contribution in [0.5, 0.6) is 0 Å². The Morgan fingerprint density at radius 2 is 1.92 bits per heavy atom. The van der Waals surface area contributed by atoms with Crippen LogP contribution in [0, 0.1) is 18.3 Å². The van der Waals surface area contributed by atoms with Gasteiger partial charge in [-0.2, -0.15) is 10.2 Å². The molecule has 4 rings (SSSR count). The molecule has 4 N–H and O–H groups in total. The van der Waals surface area contributed by atoms with Crippen molar-refractivity contribution in [3.63, 3.8) is 0 Å². The number of aliphatic hydroxyl groups is 2. The predicted octanol–water partition coefficient (Wildman–Crippen LogP) is 2.78. The summed E-state index contributed by atoms with van der Waals surface area (Å²) in [5.74, 6) is 1.17. The third-order valence-corrected chi connectivity index (χ3v) is 6.29. The molecule has 0 saturated carbocycles. The fraction of sp³-hybridized carbons (Fsp3) is 0.444. The number of nitrogens with zero attached hydrogens (tertiary/aromatic N) is 6. The Balaban J connectivity index is 1.64. The fourth-order valence-corrected chi connectivity index (χ4v) is 3.97. The summed E-state index contributed by atoms with van der Waals surface area (Å²) in [4.78, 5) is 20.3. The molecule has 1 aliphatic heterocycles. The summed E-state index contributed by atoms with van der Waals surface area (Å²) in [7, 11) is 0. The van der Waals surface area contributed by atoms with E-state index in [1.54, 1.807) is 45.3 Å². The molecular formula is C27H34N8O3. The summed E-state index contributed by atoms with van der Waals surface area (Å²) in [5, 5.41) is 36.3. The zero-order valence-corrected chi connectivity index (χ0v) is 22.1. The highest BCUT2D eigenvalue weighted by Gasteiger charge is 2.23. The Kier molecular flexibility index (Phi) is 8.36. The van der Waals surface area contributed by atoms with Crippen LogP contribution in [0.3, 0.4) is 0 Å². The van der Waals surface area contributed by atoms with Gasteiger partial charge >= 0.3 is 0 Å². The Hall–Kier alpha value is -3.85. The highest BCUT2D eigenvalue weighted by atomic mass is 16.5. The van der Waals surface area contributed by atoms with Gasteiger partial charge in [0.05, 0.1) is 54.1 Å². The minimum atomic E-state index is -1.04. The molecule has 0 bridgehead atoms. The van der Waals surface area contributed by atoms with Crippen LogP contribution in [0.2, 0.25) is 0 Å². The first-order valence-electron chi connectivity index (χ1n) is 12.6. The van der Waals surface area contributed by atoms with E-state index in [2.05, 4.69) is 36.6 Å². The van der Waals surface area contributed by atoms with Gasteiger partial charge < -0.3 is 30.5 Å². The summed E-state index contributed by atoms with van der Waals surface area (Å²) >= 11 is 0. The Labute approximate surface area is 222 Å². The van der Waals surface area contributed by atoms with Crippen molar-refractivity contribution >= 4 is 17.5 Å². The van der Waals surface area contributed by atoms with Crippen molar-refractivity contribution in [1.29, 1.82) is 5.26 Å². The van der Waals surface area contributed by atoms with Crippen molar-refractivity contribution in [2.45, 2.75) is 45.4 Å². The van der Waals surface area contributed by atoms with Crippen LogP contribution in [-0.4, -0.2) is 69.1 Å². The molecule has 0 radical (unpaired) electrons. The van der Waals surface area contributed by atoms with Crippen LogP contribution in [0.25, 0.3) is 11.3 Å². The van der Waals surface area contributed by atoms with Gasteiger partial charge in [-0.15, -0.1) is 0 Å². The van der Waals surface area contributed by atoms with E-state index in [1.807, 2.05) is 19.1 Å². The molecule has 3 aromatic rings. The number of aliphatic hydroxyl groups excluding tert-OH is 2. The number of morpholine rings is 1. The largest absolute Gasteiger partial charge is 0.392 e. The third kappa shape index (κ3) is 6.52. The van der Waals surface area contributed by atoms with E-state index < -0.39 is 17.7 Å². The lowest BCUT2D eigenvalue weighted by molar-refractivity contribution is 0.122. The van der Waals surface area contributed by atoms with E-state index in [0.29, 0.717) is 61.4 Å². The van der Waals surface area contributed by atoms with Crippen LogP contribution in [0.15, 0.2) is 36.7 Å². The number of anilines is 3. The molecule has 0 amide bonds. The smallest absolute Gasteiger partial charge is 0.225 e. The third-order valence-electron chi connectivity index (χ3n) is 6.29. The molecule has 1 fully saturated rings. The SMILES string of the molecule is Cc1ncc(NC(O)c2ccnc(C(C)(C)C#N)c2)cc1-c1cc(N2CCOCC2)nc(NC[C@H](C)O)n1. The molecule has 0 aliphatic carbocycles. The molecule has 11 heteroatoms. The lowest BCUT2D eigenvalue weighted by Crippen LogP contribution is -2.37. The van der Waals surface area contributed by atoms with E-state index >= 15 is 0 Å². The van der Waals surface area contributed by atoms with Crippen LogP contribution in [0.4, 0.5) is 17.5 Å². The number of aromatic nitrogens is 4. The lowest BCUT2D eigenvalue weighted by Gasteiger charge is -2.28. The van der Waals surface area contributed by atoms with Gasteiger partial charge in [0.25, 0.3) is 0 Å². The van der Waals surface area contributed by atoms with E-state index in [0.717, 1.165) is 17.1 Å². The van der Waals surface area contributed by atoms with E-state index in [1.165, 1.54) is 0 Å². The van der Waals surface area contributed by atoms with Crippen molar-refractivity contribution in [3.05, 3.63) is 53.6 Å². The zero-order chi connectivity index (χ0) is 27.3. The summed E-state index contributed by atoms with van der Waals surface area (Å²) in [5.41, 5.74) is 3.19. The first-order valence-corrected chi connectivity index (χ1v) is 12.6. The summed E-state index contributed by atoms with van der Waals surface area (Å²) in [6.07, 6.45) is 1.64. The molecule has 0 spiro atoms. The van der Waals surface area contributed by atoms with Crippen molar-refractivity contribution in [2.75, 3.05) is 48.4 Å². The van der Waals surface area contributed by atoms with Crippen molar-refractivity contribution in [1.82, 2.24) is 19.9 Å². The number of nitrogens with one attached hydrogen (secondary N) is 2. The number of ether oxygens (including phenoxy) is 1. The van der Waals surface area contributed by atoms with Gasteiger partial charge in [-0.05, 0) is 45.9 Å². The standard InChI is InChI=1S/C27H34N8O3/c1-17(36)14-31-26-33-22(13-24(34-26)35-7-9-38-10-8-35)21-12-20(15-30-18(21)2)32-25(37)19-5-6-29-23(11-19)27(3,4)16-28/h5-6,11-13,15,17,25,32,36-37H,7-10,14H2,1-4H3,(H,31,33,34)/t17-,25?/m0/s1. The van der Waals surface area contributed by atoms with Crippen molar-refractivity contribution in [3.8, 4) is 17.3 Å². The molecule has 3 aromatic heterocycles. The molecule has 1 unspecified atom stereocenters. The Bertz CT molecular complexity index is 1300. The summed E-state index contributed by atoms with van der Waals surface area (Å²) < 4.78 is 5.49. The number of aryl methyl sites for hydroxylation is 1. The minimum Gasteiger partial charge on any atom is -0.392 e. The number of pyridine rings is 2. The van der Waals surface area contributed by atoms with E-state index in [9.17, 15) is 15.5 Å². The lowest BCUT2D eigenvalue weighted by atomic mass is 9.90. The maximum Gasteiger partial charge on any atom is 0.225 e. The second-order valence-corrected chi connectivity index (χ2v) is 9.88. The summed E-state index contributed by atoms with van der Waals surface area (Å²) in [6.45, 7) is 10.1. The maximum absolute atomic E-state index is 10.9. The van der Waals surface area contributed by atoms with Crippen LogP contribution < -0.4 is 15.5 Å². The molecule has 38 heavy (non-hydrogen) atoms. The second kappa shape index (κ2) is 11.7. The van der Waals surface area contributed by atoms with Crippen LogP contribution in [0.1, 0.15) is 44.0 Å². The zero-order valence-electron chi connectivity index (χ0n) is 22.1. The van der Waals surface area contributed by atoms with Crippen LogP contribution in [-0.2, 0) is 10.2 Å². The molecule has 0 aromatic carbocycles. The number of nitriles is 1. The van der Waals surface area contributed by atoms with Gasteiger partial charge in [-0.25, -0.2) is 4.98 Å². The molecule has 1 saturated heterocycles. The molecule has 1 aliphatic rings. The van der Waals surface area contributed by atoms with Crippen LogP contribution >= 0.6 is 0 Å². The van der Waals surface area contributed by atoms with Gasteiger partial charge in [0, 0.05) is 48.7 Å². The van der Waals surface area contributed by atoms with Crippen molar-refractivity contribution in [2.24, 2.45) is 0 Å². The number of rotatable bonds is 9. The van der Waals surface area contributed by atoms with Gasteiger partial charge in [0.15, 0.2) is 6.23 Å². The molecule has 4 heterocycles. The van der Waals surface area contributed by atoms with Gasteiger partial charge in [-0.3, -0.25) is 9.97 Å². The van der Waals surface area contributed by atoms with E-state index in [-0.39, 0.29) is 0 Å². The molecule has 200 valence electrons. The number of hydrogen-bond acceptors (Lipinski definition) is 11. The number of hydrogen-bond donors (Lipinski definition) is 4. The Morgan fingerprint density at radius 1 is 1.16 bits per heavy atom. The topological polar surface area (TPSA) is 152 Å². The highest BCUT2D eigenvalue weighted by Crippen LogP contribution is 2.30. The second-order valence-electron chi connectivity index (χ2n) is 9.88. The molecule has 11 nitrogen and oxygen atoms in total. The van der Waals surface area contributed by atoms with Crippen molar-refractivity contribution < 1.29 is 14.9 Å². The first kappa shape index (κ1) is 27.2. The quantitative estimate of drug-likeness (QED) is 0.309. The summed E-state index contributed by atoms with van der Waals surface area (Å²) in [6, 6.07) is 9.47. The predicted molar refractivity (Wildman–Crippen MR) is 145 cm³/mol. The fourth-order valence-electron chi connectivity index (χ4n) is 3.97. The maximum atomic E-state index is 10.9. The van der Waals surface area contributed by atoms with Gasteiger partial charge in [0.1, 0.15) is 5.82 Å². The molecule has 2 atom stereocenters. The monoisotopic (exact) mass is 518 g/mol. The minimum absolute atomic E-state index is 0.313. The van der Waals surface area contributed by atoms with Gasteiger partial charge in [0.2, 0.25) is 5.95 Å². The van der Waals surface area contributed by atoms with Gasteiger partial charge in [-0.1, -0.05) is 0 Å². The normalized spacial score (nSPS) is 15.4. The van der Waals surface area contributed by atoms with E-state index in [4.69, 9.17) is 9.72 Å². The molecular weight excluding hydrogens is 484 g/mol. The average molecular weight is 519 g/mol. The average Bonchev–Trinajstić information content (AvgIpc) is 2.93. The first-order chi connectivity index (χ1) is 18.2.